The average Bonchev–Trinajstić information content (AvgIpc) is 2.74. The van der Waals surface area contributed by atoms with Crippen LogP contribution in [0.1, 0.15) is 15.9 Å². The summed E-state index contributed by atoms with van der Waals surface area (Å²) in [5.74, 6) is -0.844. The molecule has 0 saturated heterocycles. The van der Waals surface area contributed by atoms with Gasteiger partial charge < -0.3 is 16.0 Å². The first-order chi connectivity index (χ1) is 14.7. The average molecular weight is 492 g/mol. The second-order valence-corrected chi connectivity index (χ2v) is 7.44. The van der Waals surface area contributed by atoms with E-state index in [1.54, 1.807) is 36.4 Å². The van der Waals surface area contributed by atoms with Gasteiger partial charge in [-0.2, -0.15) is 13.2 Å². The topological polar surface area (TPSA) is 70.2 Å². The van der Waals surface area contributed by atoms with Crippen LogP contribution in [0.25, 0.3) is 0 Å². The number of benzene rings is 3. The SMILES string of the molecule is O=C(CNc1cccc(C(=O)Nc2cccc(C(F)(F)F)c2)c1)Nc1ccc(Br)cc1. The first-order valence-corrected chi connectivity index (χ1v) is 9.88. The van der Waals surface area contributed by atoms with Crippen LogP contribution in [-0.2, 0) is 11.0 Å². The molecule has 31 heavy (non-hydrogen) atoms. The van der Waals surface area contributed by atoms with E-state index in [0.29, 0.717) is 11.4 Å². The van der Waals surface area contributed by atoms with Crippen molar-refractivity contribution >= 4 is 44.8 Å². The lowest BCUT2D eigenvalue weighted by Gasteiger charge is -2.11. The van der Waals surface area contributed by atoms with Crippen LogP contribution in [0.15, 0.2) is 77.3 Å². The highest BCUT2D eigenvalue weighted by Gasteiger charge is 2.30. The molecule has 5 nitrogen and oxygen atoms in total. The summed E-state index contributed by atoms with van der Waals surface area (Å²) < 4.78 is 39.4. The van der Waals surface area contributed by atoms with Crippen molar-refractivity contribution in [3.63, 3.8) is 0 Å². The van der Waals surface area contributed by atoms with Crippen LogP contribution in [0.4, 0.5) is 30.2 Å². The molecule has 0 atom stereocenters. The summed E-state index contributed by atoms with van der Waals surface area (Å²) in [7, 11) is 0. The Labute approximate surface area is 184 Å². The third-order valence-corrected chi connectivity index (χ3v) is 4.68. The molecule has 0 heterocycles. The fourth-order valence-electron chi connectivity index (χ4n) is 2.67. The summed E-state index contributed by atoms with van der Waals surface area (Å²) >= 11 is 3.32. The highest BCUT2D eigenvalue weighted by atomic mass is 79.9. The molecule has 0 fully saturated rings. The number of nitrogens with one attached hydrogen (secondary N) is 3. The number of carbonyl (C=O) groups excluding carboxylic acids is 2. The molecule has 2 amide bonds. The summed E-state index contributed by atoms with van der Waals surface area (Å²) in [5.41, 5.74) is 0.576. The molecule has 0 aliphatic carbocycles. The van der Waals surface area contributed by atoms with E-state index in [1.807, 2.05) is 0 Å². The van der Waals surface area contributed by atoms with Gasteiger partial charge in [0, 0.05) is 27.1 Å². The van der Waals surface area contributed by atoms with Crippen molar-refractivity contribution in [2.75, 3.05) is 22.5 Å². The molecule has 0 aromatic heterocycles. The fraction of sp³-hybridized carbons (Fsp3) is 0.0909. The predicted molar refractivity (Wildman–Crippen MR) is 117 cm³/mol. The molecule has 0 aliphatic rings. The second kappa shape index (κ2) is 9.65. The van der Waals surface area contributed by atoms with E-state index in [-0.39, 0.29) is 23.7 Å². The van der Waals surface area contributed by atoms with Gasteiger partial charge in [0.15, 0.2) is 0 Å². The zero-order valence-corrected chi connectivity index (χ0v) is 17.5. The minimum atomic E-state index is -4.50. The summed E-state index contributed by atoms with van der Waals surface area (Å²) in [5, 5.41) is 8.10. The monoisotopic (exact) mass is 491 g/mol. The zero-order valence-electron chi connectivity index (χ0n) is 16.0. The van der Waals surface area contributed by atoms with Gasteiger partial charge in [0.2, 0.25) is 5.91 Å². The lowest BCUT2D eigenvalue weighted by molar-refractivity contribution is -0.137. The van der Waals surface area contributed by atoms with Crippen LogP contribution in [0.3, 0.4) is 0 Å². The van der Waals surface area contributed by atoms with E-state index in [2.05, 4.69) is 31.9 Å². The number of rotatable bonds is 6. The van der Waals surface area contributed by atoms with Gasteiger partial charge in [-0.1, -0.05) is 28.1 Å². The van der Waals surface area contributed by atoms with Crippen LogP contribution in [-0.4, -0.2) is 18.4 Å². The number of hydrogen-bond donors (Lipinski definition) is 3. The lowest BCUT2D eigenvalue weighted by Crippen LogP contribution is -2.22. The number of carbonyl (C=O) groups is 2. The molecule has 0 radical (unpaired) electrons. The summed E-state index contributed by atoms with van der Waals surface area (Å²) in [6.45, 7) is -0.0330. The van der Waals surface area contributed by atoms with Crippen LogP contribution in [0, 0.1) is 0 Å². The standard InChI is InChI=1S/C22H17BrF3N3O2/c23-16-7-9-17(10-8-16)28-20(30)13-27-18-5-1-3-14(11-18)21(31)29-19-6-2-4-15(12-19)22(24,25)26/h1-12,27H,13H2,(H,28,30)(H,29,31). The third-order valence-electron chi connectivity index (χ3n) is 4.15. The Morgan fingerprint density at radius 1 is 0.806 bits per heavy atom. The number of hydrogen-bond acceptors (Lipinski definition) is 3. The van der Waals surface area contributed by atoms with Crippen LogP contribution < -0.4 is 16.0 Å². The summed E-state index contributed by atoms with van der Waals surface area (Å²) in [6, 6.07) is 17.8. The quantitative estimate of drug-likeness (QED) is 0.409. The Morgan fingerprint density at radius 3 is 2.19 bits per heavy atom. The van der Waals surface area contributed by atoms with Gasteiger partial charge in [0.25, 0.3) is 5.91 Å². The highest BCUT2D eigenvalue weighted by Crippen LogP contribution is 2.30. The van der Waals surface area contributed by atoms with E-state index >= 15 is 0 Å². The van der Waals surface area contributed by atoms with Crippen molar-refractivity contribution in [2.45, 2.75) is 6.18 Å². The van der Waals surface area contributed by atoms with E-state index < -0.39 is 17.6 Å². The molecule has 3 rings (SSSR count). The largest absolute Gasteiger partial charge is 0.416 e. The molecule has 9 heteroatoms. The molecule has 0 unspecified atom stereocenters. The van der Waals surface area contributed by atoms with E-state index in [0.717, 1.165) is 16.6 Å². The molecule has 0 saturated carbocycles. The fourth-order valence-corrected chi connectivity index (χ4v) is 2.93. The van der Waals surface area contributed by atoms with Gasteiger partial charge in [-0.3, -0.25) is 9.59 Å². The Morgan fingerprint density at radius 2 is 1.48 bits per heavy atom. The van der Waals surface area contributed by atoms with Crippen LogP contribution in [0.2, 0.25) is 0 Å². The van der Waals surface area contributed by atoms with Crippen LogP contribution in [0.5, 0.6) is 0 Å². The van der Waals surface area contributed by atoms with Crippen LogP contribution >= 0.6 is 15.9 Å². The first-order valence-electron chi connectivity index (χ1n) is 9.09. The Kier molecular flexibility index (Phi) is 6.96. The van der Waals surface area contributed by atoms with Gasteiger partial charge in [0.05, 0.1) is 12.1 Å². The van der Waals surface area contributed by atoms with E-state index in [4.69, 9.17) is 0 Å². The van der Waals surface area contributed by atoms with Crippen molar-refractivity contribution in [1.29, 1.82) is 0 Å². The second-order valence-electron chi connectivity index (χ2n) is 6.52. The van der Waals surface area contributed by atoms with Crippen molar-refractivity contribution in [1.82, 2.24) is 0 Å². The summed E-state index contributed by atoms with van der Waals surface area (Å²) in [4.78, 5) is 24.5. The Bertz CT molecular complexity index is 1090. The molecule has 0 spiro atoms. The number of anilines is 3. The van der Waals surface area contributed by atoms with E-state index in [1.165, 1.54) is 24.3 Å². The molecule has 160 valence electrons. The zero-order chi connectivity index (χ0) is 22.4. The minimum Gasteiger partial charge on any atom is -0.376 e. The minimum absolute atomic E-state index is 0.0330. The van der Waals surface area contributed by atoms with Crippen molar-refractivity contribution < 1.29 is 22.8 Å². The number of halogens is 4. The normalized spacial score (nSPS) is 11.0. The maximum atomic E-state index is 12.8. The molecule has 3 N–H and O–H groups in total. The van der Waals surface area contributed by atoms with E-state index in [9.17, 15) is 22.8 Å². The molecule has 0 aliphatic heterocycles. The van der Waals surface area contributed by atoms with Gasteiger partial charge in [0.1, 0.15) is 0 Å². The highest BCUT2D eigenvalue weighted by molar-refractivity contribution is 9.10. The summed E-state index contributed by atoms with van der Waals surface area (Å²) in [6.07, 6.45) is -4.50. The van der Waals surface area contributed by atoms with Gasteiger partial charge >= 0.3 is 6.18 Å². The van der Waals surface area contributed by atoms with Crippen molar-refractivity contribution in [3.8, 4) is 0 Å². The number of alkyl halides is 3. The molecule has 3 aromatic carbocycles. The van der Waals surface area contributed by atoms with Gasteiger partial charge in [-0.15, -0.1) is 0 Å². The predicted octanol–water partition coefficient (Wildman–Crippen LogP) is 5.77. The van der Waals surface area contributed by atoms with Gasteiger partial charge in [-0.25, -0.2) is 0 Å². The first kappa shape index (κ1) is 22.4. The third kappa shape index (κ3) is 6.58. The van der Waals surface area contributed by atoms with Crippen molar-refractivity contribution in [2.24, 2.45) is 0 Å². The smallest absolute Gasteiger partial charge is 0.376 e. The Hall–Kier alpha value is -3.33. The molecule has 0 bridgehead atoms. The van der Waals surface area contributed by atoms with Crippen molar-refractivity contribution in [3.05, 3.63) is 88.4 Å². The molecule has 3 aromatic rings. The van der Waals surface area contributed by atoms with Gasteiger partial charge in [-0.05, 0) is 60.7 Å². The maximum Gasteiger partial charge on any atom is 0.416 e. The molecular formula is C22H17BrF3N3O2. The Balaban J connectivity index is 1.60. The molecular weight excluding hydrogens is 475 g/mol. The number of amides is 2. The lowest BCUT2D eigenvalue weighted by atomic mass is 10.1. The maximum absolute atomic E-state index is 12.8.